The third kappa shape index (κ3) is 4.38. The number of oxazole rings is 1. The molecule has 2 heterocycles. The molecule has 40 heavy (non-hydrogen) atoms. The van der Waals surface area contributed by atoms with Gasteiger partial charge in [0.15, 0.2) is 5.58 Å². The van der Waals surface area contributed by atoms with Crippen molar-refractivity contribution in [2.45, 2.75) is 64.4 Å². The van der Waals surface area contributed by atoms with Crippen molar-refractivity contribution in [2.75, 3.05) is 0 Å². The molecule has 212 valence electrons. The van der Waals surface area contributed by atoms with E-state index >= 15 is 4.39 Å². The van der Waals surface area contributed by atoms with Gasteiger partial charge in [0, 0.05) is 19.5 Å². The molecule has 2 saturated carbocycles. The number of aryl methyl sites for hydroxylation is 1. The van der Waals surface area contributed by atoms with E-state index in [0.717, 1.165) is 12.0 Å². The molecule has 1 aliphatic heterocycles. The van der Waals surface area contributed by atoms with Crippen molar-refractivity contribution >= 4 is 23.1 Å². The minimum Gasteiger partial charge on any atom is -0.444 e. The predicted octanol–water partition coefficient (Wildman–Crippen LogP) is 3.77. The monoisotopic (exact) mass is 550 g/mol. The van der Waals surface area contributed by atoms with E-state index < -0.39 is 35.5 Å². The quantitative estimate of drug-likeness (QED) is 0.467. The van der Waals surface area contributed by atoms with Crippen molar-refractivity contribution in [3.63, 3.8) is 0 Å². The van der Waals surface area contributed by atoms with Crippen LogP contribution in [0.5, 0.6) is 0 Å². The van der Waals surface area contributed by atoms with E-state index in [1.54, 1.807) is 42.3 Å². The number of aromatic nitrogens is 1. The van der Waals surface area contributed by atoms with Crippen molar-refractivity contribution in [2.24, 2.45) is 36.5 Å². The average Bonchev–Trinajstić information content (AvgIpc) is 3.15. The number of benzene rings is 2. The van der Waals surface area contributed by atoms with Crippen molar-refractivity contribution < 1.29 is 23.1 Å². The zero-order chi connectivity index (χ0) is 28.7. The maximum Gasteiger partial charge on any atom is 0.419 e. The Morgan fingerprint density at radius 2 is 1.88 bits per heavy atom. The van der Waals surface area contributed by atoms with Crippen LogP contribution in [0.3, 0.4) is 0 Å². The Balaban J connectivity index is 1.16. The molecule has 9 nitrogen and oxygen atoms in total. The predicted molar refractivity (Wildman–Crippen MR) is 147 cm³/mol. The highest BCUT2D eigenvalue weighted by atomic mass is 19.1. The van der Waals surface area contributed by atoms with E-state index in [1.165, 1.54) is 10.6 Å². The summed E-state index contributed by atoms with van der Waals surface area (Å²) in [6.45, 7) is 7.61. The van der Waals surface area contributed by atoms with Crippen LogP contribution in [0.15, 0.2) is 45.6 Å². The Morgan fingerprint density at radius 3 is 2.58 bits per heavy atom. The van der Waals surface area contributed by atoms with E-state index in [2.05, 4.69) is 12.2 Å². The third-order valence-corrected chi connectivity index (χ3v) is 8.85. The van der Waals surface area contributed by atoms with E-state index in [4.69, 9.17) is 14.9 Å². The molecule has 7 atom stereocenters. The molecule has 2 aliphatic carbocycles. The summed E-state index contributed by atoms with van der Waals surface area (Å²) in [5, 5.41) is 2.84. The van der Waals surface area contributed by atoms with Crippen LogP contribution < -0.4 is 16.8 Å². The SMILES string of the molecule is CC1C2C3CC(C12)N(C(=O)OC(C)(C)C)C3C(=O)NC(N)Cc1ccc(-c2ccc3oc(=O)n(C)c3c2)cc1F. The number of nitrogens with two attached hydrogens (primary N) is 1. The second-order valence-electron chi connectivity index (χ2n) is 12.5. The van der Waals surface area contributed by atoms with Crippen LogP contribution in [-0.4, -0.2) is 45.3 Å². The molecule has 6 rings (SSSR count). The van der Waals surface area contributed by atoms with Crippen LogP contribution in [0.2, 0.25) is 0 Å². The number of nitrogens with one attached hydrogen (secondary N) is 1. The first-order valence-electron chi connectivity index (χ1n) is 13.8. The molecular weight excluding hydrogens is 515 g/mol. The van der Waals surface area contributed by atoms with Gasteiger partial charge in [-0.05, 0) is 85.8 Å². The Kier molecular flexibility index (Phi) is 6.10. The first kappa shape index (κ1) is 26.6. The first-order chi connectivity index (χ1) is 18.8. The van der Waals surface area contributed by atoms with Gasteiger partial charge < -0.3 is 20.2 Å². The van der Waals surface area contributed by atoms with Crippen LogP contribution in [0.25, 0.3) is 22.2 Å². The molecule has 3 N–H and O–H groups in total. The number of nitrogens with zero attached hydrogens (tertiary/aromatic N) is 2. The van der Waals surface area contributed by atoms with Gasteiger partial charge in [0.1, 0.15) is 17.5 Å². The normalized spacial score (nSPS) is 27.5. The molecule has 0 spiro atoms. The van der Waals surface area contributed by atoms with Gasteiger partial charge >= 0.3 is 11.8 Å². The molecule has 3 aromatic rings. The smallest absolute Gasteiger partial charge is 0.419 e. The second kappa shape index (κ2) is 9.19. The van der Waals surface area contributed by atoms with Gasteiger partial charge in [-0.1, -0.05) is 25.1 Å². The molecular formula is C30H35FN4O5. The van der Waals surface area contributed by atoms with E-state index in [0.29, 0.717) is 40.0 Å². The molecule has 0 radical (unpaired) electrons. The fourth-order valence-corrected chi connectivity index (χ4v) is 7.09. The molecule has 7 unspecified atom stereocenters. The number of ether oxygens (including phenoxy) is 1. The lowest BCUT2D eigenvalue weighted by atomic mass is 9.94. The standard InChI is InChI=1S/C30H35FN4O5/c1-14-24-18-13-21(25(14)24)35(29(38)40-30(2,3)4)26(18)27(36)33-23(32)12-17-7-6-15(10-19(17)31)16-8-9-22-20(11-16)34(5)28(37)39-22/h6-11,14,18,21,23-26H,12-13,32H2,1-5H3,(H,33,36). The summed E-state index contributed by atoms with van der Waals surface area (Å²) >= 11 is 0. The van der Waals surface area contributed by atoms with Gasteiger partial charge in [-0.15, -0.1) is 0 Å². The maximum atomic E-state index is 15.2. The summed E-state index contributed by atoms with van der Waals surface area (Å²) in [6, 6.07) is 9.43. The highest BCUT2D eigenvalue weighted by Crippen LogP contribution is 2.67. The summed E-state index contributed by atoms with van der Waals surface area (Å²) in [4.78, 5) is 40.0. The van der Waals surface area contributed by atoms with Gasteiger partial charge in [0.2, 0.25) is 5.91 Å². The third-order valence-electron chi connectivity index (χ3n) is 8.85. The zero-order valence-electron chi connectivity index (χ0n) is 23.3. The number of fused-ring (bicyclic) bond motifs is 6. The molecule has 2 aromatic carbocycles. The summed E-state index contributed by atoms with van der Waals surface area (Å²) < 4.78 is 27.4. The number of likely N-dealkylation sites (tertiary alicyclic amines) is 1. The Morgan fingerprint density at radius 1 is 1.18 bits per heavy atom. The van der Waals surface area contributed by atoms with Gasteiger partial charge in [-0.25, -0.2) is 14.0 Å². The number of carbonyl (C=O) groups excluding carboxylic acids is 2. The number of amides is 2. The summed E-state index contributed by atoms with van der Waals surface area (Å²) in [5.41, 5.74) is 8.43. The zero-order valence-corrected chi connectivity index (χ0v) is 23.3. The number of halogens is 1. The van der Waals surface area contributed by atoms with Crippen molar-refractivity contribution in [1.82, 2.24) is 14.8 Å². The Labute approximate surface area is 231 Å². The lowest BCUT2D eigenvalue weighted by Crippen LogP contribution is -2.57. The minimum atomic E-state index is -0.836. The van der Waals surface area contributed by atoms with Crippen molar-refractivity contribution in [3.05, 3.63) is 58.3 Å². The number of hydrogen-bond acceptors (Lipinski definition) is 6. The van der Waals surface area contributed by atoms with Crippen LogP contribution in [0.1, 0.15) is 39.7 Å². The summed E-state index contributed by atoms with van der Waals surface area (Å²) in [5.74, 6) is 0.176. The highest BCUT2D eigenvalue weighted by Gasteiger charge is 2.71. The van der Waals surface area contributed by atoms with Crippen molar-refractivity contribution in [3.8, 4) is 11.1 Å². The fourth-order valence-electron chi connectivity index (χ4n) is 7.09. The number of carbonyl (C=O) groups is 2. The lowest BCUT2D eigenvalue weighted by molar-refractivity contribution is -0.128. The highest BCUT2D eigenvalue weighted by molar-refractivity contribution is 5.88. The number of rotatable bonds is 5. The second-order valence-corrected chi connectivity index (χ2v) is 12.5. The van der Waals surface area contributed by atoms with E-state index in [1.807, 2.05) is 20.8 Å². The molecule has 10 heteroatoms. The summed E-state index contributed by atoms with van der Waals surface area (Å²) in [7, 11) is 1.62. The average molecular weight is 551 g/mol. The Bertz CT molecular complexity index is 1570. The molecule has 2 bridgehead atoms. The van der Waals surface area contributed by atoms with Crippen LogP contribution in [0.4, 0.5) is 9.18 Å². The van der Waals surface area contributed by atoms with Crippen LogP contribution >= 0.6 is 0 Å². The van der Waals surface area contributed by atoms with Crippen LogP contribution in [-0.2, 0) is 23.0 Å². The largest absolute Gasteiger partial charge is 0.444 e. The van der Waals surface area contributed by atoms with Gasteiger partial charge in [-0.3, -0.25) is 14.3 Å². The Hall–Kier alpha value is -3.66. The van der Waals surface area contributed by atoms with E-state index in [-0.39, 0.29) is 24.3 Å². The molecule has 1 saturated heterocycles. The fraction of sp³-hybridized carbons (Fsp3) is 0.500. The molecule has 3 aliphatic rings. The molecule has 3 fully saturated rings. The van der Waals surface area contributed by atoms with Crippen molar-refractivity contribution in [1.29, 1.82) is 0 Å². The topological polar surface area (TPSA) is 120 Å². The summed E-state index contributed by atoms with van der Waals surface area (Å²) in [6.07, 6.45) is -0.428. The van der Waals surface area contributed by atoms with Crippen LogP contribution in [0, 0.1) is 29.5 Å². The maximum absolute atomic E-state index is 15.2. The first-order valence-corrected chi connectivity index (χ1v) is 13.8. The lowest BCUT2D eigenvalue weighted by Gasteiger charge is -2.35. The number of piperidine rings is 1. The molecule has 1 aromatic heterocycles. The molecule has 2 amide bonds. The van der Waals surface area contributed by atoms with Gasteiger partial charge in [-0.2, -0.15) is 0 Å². The minimum absolute atomic E-state index is 0.000464. The van der Waals surface area contributed by atoms with Gasteiger partial charge in [0.25, 0.3) is 0 Å². The van der Waals surface area contributed by atoms with E-state index in [9.17, 15) is 14.4 Å². The van der Waals surface area contributed by atoms with Gasteiger partial charge in [0.05, 0.1) is 11.7 Å². The number of hydrogen-bond donors (Lipinski definition) is 2.